The number of carbonyl (C=O) groups excluding carboxylic acids is 4. The number of benzene rings is 5. The van der Waals surface area contributed by atoms with E-state index in [9.17, 15) is 46.2 Å². The molecule has 4 atom stereocenters. The fraction of sp³-hybridized carbons (Fsp3) is 0.451. The fourth-order valence-electron chi connectivity index (χ4n) is 10.5. The molecule has 0 saturated carbocycles. The zero-order valence-electron chi connectivity index (χ0n) is 54.5. The average molecular weight is 1270 g/mol. The second-order valence-corrected chi connectivity index (χ2v) is 28.2. The van der Waals surface area contributed by atoms with Crippen LogP contribution in [0.15, 0.2) is 149 Å². The number of nitrogen functional groups attached to an aromatic ring is 1. The Morgan fingerprint density at radius 3 is 1.43 bits per heavy atom. The second kappa shape index (κ2) is 35.5. The summed E-state index contributed by atoms with van der Waals surface area (Å²) in [4.78, 5) is 62.1. The zero-order valence-corrected chi connectivity index (χ0v) is 56.2. The van der Waals surface area contributed by atoms with Crippen LogP contribution < -0.4 is 15.4 Å². The summed E-state index contributed by atoms with van der Waals surface area (Å²) in [5.41, 5.74) is 10.5. The van der Waals surface area contributed by atoms with E-state index in [4.69, 9.17) is 10.5 Å². The second-order valence-electron chi connectivity index (χ2n) is 24.4. The van der Waals surface area contributed by atoms with Crippen molar-refractivity contribution in [2.24, 2.45) is 23.7 Å². The number of ether oxygens (including phenoxy) is 1. The molecule has 0 saturated heterocycles. The number of aryl methyl sites for hydroxylation is 1. The number of aliphatic hydroxyl groups excluding tert-OH is 2. The number of anilines is 2. The lowest BCUT2D eigenvalue weighted by molar-refractivity contribution is 0.0688. The largest absolute Gasteiger partial charge is 0.497 e. The highest BCUT2D eigenvalue weighted by Gasteiger charge is 2.34. The van der Waals surface area contributed by atoms with Gasteiger partial charge < -0.3 is 30.5 Å². The van der Waals surface area contributed by atoms with Crippen LogP contribution >= 0.6 is 0 Å². The Bertz CT molecular complexity index is 3470. The van der Waals surface area contributed by atoms with Crippen molar-refractivity contribution in [3.8, 4) is 5.75 Å². The Morgan fingerprint density at radius 2 is 1.01 bits per heavy atom. The van der Waals surface area contributed by atoms with Gasteiger partial charge in [0.25, 0.3) is 5.91 Å². The van der Waals surface area contributed by atoms with Crippen molar-refractivity contribution < 1.29 is 51.0 Å². The van der Waals surface area contributed by atoms with Crippen LogP contribution in [-0.4, -0.2) is 141 Å². The minimum Gasteiger partial charge on any atom is -0.497 e. The van der Waals surface area contributed by atoms with Crippen LogP contribution in [0.3, 0.4) is 0 Å². The number of hydrogen-bond acceptors (Lipinski definition) is 14. The number of aromatic nitrogens is 1. The number of carbonyl (C=O) groups is 4. The number of pyridine rings is 1. The van der Waals surface area contributed by atoms with Crippen LogP contribution in [-0.2, 0) is 32.9 Å². The first-order valence-corrected chi connectivity index (χ1v) is 34.2. The molecular weight excluding hydrogens is 1180 g/mol. The number of rotatable bonds is 35. The number of nitrogens with zero attached hydrogens (tertiary/aromatic N) is 5. The number of ketones is 3. The highest BCUT2D eigenvalue weighted by Crippen LogP contribution is 2.29. The minimum atomic E-state index is -3.96. The van der Waals surface area contributed by atoms with Crippen LogP contribution in [0.5, 0.6) is 5.75 Å². The summed E-state index contributed by atoms with van der Waals surface area (Å²) in [6, 6.07) is 39.8. The normalized spacial score (nSPS) is 13.1. The van der Waals surface area contributed by atoms with Crippen LogP contribution in [0.2, 0.25) is 0 Å². The van der Waals surface area contributed by atoms with Gasteiger partial charge in [-0.1, -0.05) is 133 Å². The van der Waals surface area contributed by atoms with E-state index in [1.165, 1.54) is 27.9 Å². The fourth-order valence-corrected chi connectivity index (χ4v) is 13.8. The summed E-state index contributed by atoms with van der Waals surface area (Å²) in [6.07, 6.45) is 1.90. The molecule has 0 radical (unpaired) electrons. The van der Waals surface area contributed by atoms with Crippen molar-refractivity contribution in [3.63, 3.8) is 0 Å². The molecule has 0 unspecified atom stereocenters. The third-order valence-corrected chi connectivity index (χ3v) is 19.1. The average Bonchev–Trinajstić information content (AvgIpc) is 2.38. The number of sulfonamides is 2. The van der Waals surface area contributed by atoms with Crippen molar-refractivity contribution >= 4 is 54.8 Å². The van der Waals surface area contributed by atoms with Gasteiger partial charge >= 0.3 is 0 Å². The number of nitrogens with two attached hydrogens (primary N) is 1. The highest BCUT2D eigenvalue weighted by molar-refractivity contribution is 7.89. The van der Waals surface area contributed by atoms with Gasteiger partial charge in [-0.2, -0.15) is 8.61 Å². The molecule has 6 rings (SSSR count). The maximum atomic E-state index is 13.8. The van der Waals surface area contributed by atoms with Gasteiger partial charge in [-0.3, -0.25) is 19.2 Å². The molecule has 1 amide bonds. The lowest BCUT2D eigenvalue weighted by atomic mass is 9.87. The minimum absolute atomic E-state index is 0.00913. The Hall–Kier alpha value is -7.13. The van der Waals surface area contributed by atoms with Crippen LogP contribution in [0.1, 0.15) is 152 Å². The van der Waals surface area contributed by atoms with Crippen molar-refractivity contribution in [2.45, 2.75) is 135 Å². The van der Waals surface area contributed by atoms with Gasteiger partial charge in [0.15, 0.2) is 17.3 Å². The molecule has 0 aliphatic rings. The van der Waals surface area contributed by atoms with Crippen molar-refractivity contribution in [1.82, 2.24) is 18.5 Å². The molecule has 0 fully saturated rings. The lowest BCUT2D eigenvalue weighted by Gasteiger charge is -2.30. The summed E-state index contributed by atoms with van der Waals surface area (Å²) in [6.45, 7) is 16.9. The number of aliphatic hydroxyl groups is 2. The number of unbranched alkanes of at least 4 members (excludes halogenated alkanes) is 1. The van der Waals surface area contributed by atoms with E-state index in [1.54, 1.807) is 90.6 Å². The maximum Gasteiger partial charge on any atom is 0.253 e. The standard InChI is InChI=1S/C36H49N3O5S.C35H47N3O6S/c1-6-17-38(18-7-2)36(42)31-20-30(21-32(37)22-31)34(40)23-29(19-28-11-9-8-10-12-28)35(41)25-39(24-26(3)4)45(43,44)33-15-13-27(5)14-16-33;1-7-8-14-32(39)31-20-28(22-35(36-31)37(4)5)33(40)21-27(19-26-12-10-9-11-13-26)34(41)24-38(23-25(2)3)45(42,43)30-17-15-29(44-6)16-18-30/h8-16,20-22,26,29,35,41H,6-7,17-19,23-25,37H2,1-5H3;9-13,15-18,20,22,25,27,34,41H,7-8,14,19,21,23-24H2,1-6H3/t29-,35-;27-,34-/m11/s1. The van der Waals surface area contributed by atoms with E-state index >= 15 is 0 Å². The summed E-state index contributed by atoms with van der Waals surface area (Å²) in [7, 11) is -2.76. The SMILES string of the molecule is CCCCC(=O)c1cc(C(=O)C[C@@H](Cc2ccccc2)[C@H](O)CN(CC(C)C)S(=O)(=O)c2ccc(OC)cc2)cc(N(C)C)n1.CCCN(CCC)C(=O)c1cc(N)cc(C(=O)C[C@@H](Cc2ccccc2)[C@H](O)CN(CC(C)C)S(=O)(=O)c2ccc(C)cc2)c1. The molecule has 90 heavy (non-hydrogen) atoms. The molecule has 0 spiro atoms. The molecule has 0 aliphatic carbocycles. The monoisotopic (exact) mass is 1270 g/mol. The molecule has 1 heterocycles. The molecule has 17 nitrogen and oxygen atoms in total. The van der Waals surface area contributed by atoms with Gasteiger partial charge in [-0.05, 0) is 141 Å². The lowest BCUT2D eigenvalue weighted by Crippen LogP contribution is -2.43. The Labute approximate surface area is 535 Å². The molecule has 488 valence electrons. The van der Waals surface area contributed by atoms with Gasteiger partial charge in [0, 0.05) is 95.0 Å². The predicted molar refractivity (Wildman–Crippen MR) is 358 cm³/mol. The van der Waals surface area contributed by atoms with E-state index < -0.39 is 44.1 Å². The molecule has 19 heteroatoms. The summed E-state index contributed by atoms with van der Waals surface area (Å²) in [5.74, 6) is -0.988. The number of amides is 1. The van der Waals surface area contributed by atoms with Crippen molar-refractivity contribution in [2.75, 3.05) is 71.1 Å². The Morgan fingerprint density at radius 1 is 0.567 bits per heavy atom. The molecule has 5 aromatic carbocycles. The summed E-state index contributed by atoms with van der Waals surface area (Å²) >= 11 is 0. The first-order chi connectivity index (χ1) is 42.7. The maximum absolute atomic E-state index is 13.8. The van der Waals surface area contributed by atoms with Crippen LogP contribution in [0.4, 0.5) is 11.5 Å². The summed E-state index contributed by atoms with van der Waals surface area (Å²) in [5, 5.41) is 23.3. The van der Waals surface area contributed by atoms with E-state index in [-0.39, 0.29) is 89.6 Å². The quantitative estimate of drug-likeness (QED) is 0.0248. The number of hydrogen-bond donors (Lipinski definition) is 3. The predicted octanol–water partition coefficient (Wildman–Crippen LogP) is 11.6. The third kappa shape index (κ3) is 22.1. The van der Waals surface area contributed by atoms with Gasteiger partial charge in [0.05, 0.1) is 29.1 Å². The molecule has 4 N–H and O–H groups in total. The molecule has 6 aromatic rings. The van der Waals surface area contributed by atoms with Crippen molar-refractivity contribution in [1.29, 1.82) is 0 Å². The van der Waals surface area contributed by atoms with E-state index in [2.05, 4.69) is 4.98 Å². The van der Waals surface area contributed by atoms with Crippen LogP contribution in [0, 0.1) is 30.6 Å². The van der Waals surface area contributed by atoms with E-state index in [1.807, 2.05) is 116 Å². The molecular formula is C71H96N6O11S2. The van der Waals surface area contributed by atoms with E-state index in [0.717, 1.165) is 42.4 Å². The van der Waals surface area contributed by atoms with E-state index in [0.29, 0.717) is 66.3 Å². The first-order valence-electron chi connectivity index (χ1n) is 31.3. The summed E-state index contributed by atoms with van der Waals surface area (Å²) < 4.78 is 62.8. The molecule has 0 aliphatic heterocycles. The van der Waals surface area contributed by atoms with Crippen LogP contribution in [0.25, 0.3) is 0 Å². The highest BCUT2D eigenvalue weighted by atomic mass is 32.2. The van der Waals surface area contributed by atoms with Gasteiger partial charge in [0.2, 0.25) is 20.0 Å². The number of Topliss-reactive ketones (excluding diaryl/α,β-unsaturated/α-hetero) is 3. The zero-order chi connectivity index (χ0) is 66.3. The molecule has 0 bridgehead atoms. The first kappa shape index (κ1) is 73.6. The van der Waals surface area contributed by atoms with Crippen molar-refractivity contribution in [3.05, 3.63) is 179 Å². The van der Waals surface area contributed by atoms with Gasteiger partial charge in [-0.25, -0.2) is 21.8 Å². The number of methoxy groups -OCH3 is 1. The Kier molecular flexibility index (Phi) is 29.0. The van der Waals surface area contributed by atoms with Gasteiger partial charge in [0.1, 0.15) is 17.3 Å². The topological polar surface area (TPSA) is 238 Å². The Balaban J connectivity index is 0.000000327. The van der Waals surface area contributed by atoms with Gasteiger partial charge in [-0.15, -0.1) is 0 Å². The smallest absolute Gasteiger partial charge is 0.253 e. The molecule has 1 aromatic heterocycles. The third-order valence-electron chi connectivity index (χ3n) is 15.4.